The highest BCUT2D eigenvalue weighted by molar-refractivity contribution is 7.86. The van der Waals surface area contributed by atoms with Gasteiger partial charge in [-0.05, 0) is 18.8 Å². The maximum absolute atomic E-state index is 12.2. The van der Waals surface area contributed by atoms with E-state index in [1.807, 2.05) is 13.8 Å². The monoisotopic (exact) mass is 249 g/mol. The Labute approximate surface area is 98.8 Å². The number of hydrogen-bond donors (Lipinski definition) is 1. The van der Waals surface area contributed by atoms with Gasteiger partial charge in [-0.2, -0.15) is 17.0 Å². The van der Waals surface area contributed by atoms with E-state index in [4.69, 9.17) is 5.73 Å². The highest BCUT2D eigenvalue weighted by Gasteiger charge is 2.39. The van der Waals surface area contributed by atoms with E-state index in [1.165, 1.54) is 8.61 Å². The third-order valence-electron chi connectivity index (χ3n) is 3.27. The van der Waals surface area contributed by atoms with Crippen LogP contribution in [0.3, 0.4) is 0 Å². The molecule has 0 amide bonds. The zero-order chi connectivity index (χ0) is 12.3. The van der Waals surface area contributed by atoms with Gasteiger partial charge in [0.1, 0.15) is 0 Å². The lowest BCUT2D eigenvalue weighted by Crippen LogP contribution is -2.49. The first kappa shape index (κ1) is 13.9. The average molecular weight is 249 g/mol. The Morgan fingerprint density at radius 2 is 1.81 bits per heavy atom. The first-order valence-corrected chi connectivity index (χ1v) is 7.31. The molecule has 1 atom stereocenters. The molecular weight excluding hydrogens is 226 g/mol. The average Bonchev–Trinajstić information content (AvgIpc) is 3.04. The molecule has 96 valence electrons. The van der Waals surface area contributed by atoms with Crippen molar-refractivity contribution in [2.45, 2.75) is 32.7 Å². The summed E-state index contributed by atoms with van der Waals surface area (Å²) in [4.78, 5) is 0. The van der Waals surface area contributed by atoms with Gasteiger partial charge in [-0.3, -0.25) is 0 Å². The summed E-state index contributed by atoms with van der Waals surface area (Å²) in [6.45, 7) is 5.12. The highest BCUT2D eigenvalue weighted by atomic mass is 32.2. The van der Waals surface area contributed by atoms with Crippen LogP contribution in [0.25, 0.3) is 0 Å². The van der Waals surface area contributed by atoms with E-state index in [2.05, 4.69) is 0 Å². The molecule has 0 aromatic heterocycles. The number of nitrogens with two attached hydrogens (primary N) is 1. The van der Waals surface area contributed by atoms with Crippen LogP contribution in [0.15, 0.2) is 0 Å². The van der Waals surface area contributed by atoms with Gasteiger partial charge in [0.25, 0.3) is 10.2 Å². The van der Waals surface area contributed by atoms with Gasteiger partial charge in [0, 0.05) is 32.7 Å². The van der Waals surface area contributed by atoms with Crippen molar-refractivity contribution in [2.24, 2.45) is 11.7 Å². The zero-order valence-electron chi connectivity index (χ0n) is 10.4. The Balaban J connectivity index is 2.80. The molecule has 0 aromatic carbocycles. The maximum Gasteiger partial charge on any atom is 0.282 e. The van der Waals surface area contributed by atoms with Gasteiger partial charge in [0.15, 0.2) is 0 Å². The maximum atomic E-state index is 12.2. The van der Waals surface area contributed by atoms with Crippen LogP contribution in [0.2, 0.25) is 0 Å². The fraction of sp³-hybridized carbons (Fsp3) is 1.00. The summed E-state index contributed by atoms with van der Waals surface area (Å²) >= 11 is 0. The molecular formula is C10H23N3O2S. The minimum atomic E-state index is -3.33. The molecule has 0 spiro atoms. The molecule has 2 N–H and O–H groups in total. The Kier molecular flexibility index (Phi) is 4.73. The van der Waals surface area contributed by atoms with E-state index in [1.54, 1.807) is 7.05 Å². The van der Waals surface area contributed by atoms with Crippen LogP contribution >= 0.6 is 0 Å². The lowest BCUT2D eigenvalue weighted by molar-refractivity contribution is 0.305. The topological polar surface area (TPSA) is 66.6 Å². The molecule has 6 heteroatoms. The second kappa shape index (κ2) is 5.44. The third-order valence-corrected chi connectivity index (χ3v) is 5.44. The molecule has 5 nitrogen and oxygen atoms in total. The molecule has 0 saturated heterocycles. The molecule has 1 fully saturated rings. The molecule has 1 rings (SSSR count). The van der Waals surface area contributed by atoms with Gasteiger partial charge in [0.05, 0.1) is 0 Å². The smallest absolute Gasteiger partial charge is 0.282 e. The van der Waals surface area contributed by atoms with Crippen molar-refractivity contribution in [1.82, 2.24) is 8.61 Å². The van der Waals surface area contributed by atoms with Crippen LogP contribution in [0.5, 0.6) is 0 Å². The molecule has 0 heterocycles. The van der Waals surface area contributed by atoms with Crippen molar-refractivity contribution in [3.05, 3.63) is 0 Å². The predicted octanol–water partition coefficient (Wildman–Crippen LogP) is 0.242. The number of rotatable bonds is 7. The fourth-order valence-corrected chi connectivity index (χ4v) is 3.64. The highest BCUT2D eigenvalue weighted by Crippen LogP contribution is 2.35. The van der Waals surface area contributed by atoms with Crippen LogP contribution in [0.4, 0.5) is 0 Å². The van der Waals surface area contributed by atoms with E-state index in [0.717, 1.165) is 12.8 Å². The number of hydrogen-bond acceptors (Lipinski definition) is 3. The molecule has 0 radical (unpaired) electrons. The van der Waals surface area contributed by atoms with Gasteiger partial charge in [-0.15, -0.1) is 0 Å². The molecule has 0 aliphatic heterocycles. The summed E-state index contributed by atoms with van der Waals surface area (Å²) < 4.78 is 27.4. The molecule has 16 heavy (non-hydrogen) atoms. The first-order valence-electron chi connectivity index (χ1n) is 5.92. The summed E-state index contributed by atoms with van der Waals surface area (Å²) in [6.07, 6.45) is 2.19. The van der Waals surface area contributed by atoms with Gasteiger partial charge in [0.2, 0.25) is 0 Å². The lowest BCUT2D eigenvalue weighted by atomic mass is 10.2. The number of nitrogens with zero attached hydrogens (tertiary/aromatic N) is 2. The molecule has 1 saturated carbocycles. The third kappa shape index (κ3) is 2.74. The van der Waals surface area contributed by atoms with Crippen molar-refractivity contribution in [1.29, 1.82) is 0 Å². The van der Waals surface area contributed by atoms with E-state index in [9.17, 15) is 8.42 Å². The minimum absolute atomic E-state index is 0.0365. The second-order valence-electron chi connectivity index (χ2n) is 4.25. The van der Waals surface area contributed by atoms with Crippen LogP contribution < -0.4 is 5.73 Å². The summed E-state index contributed by atoms with van der Waals surface area (Å²) in [7, 11) is -1.69. The quantitative estimate of drug-likeness (QED) is 0.703. The predicted molar refractivity (Wildman–Crippen MR) is 65.2 cm³/mol. The van der Waals surface area contributed by atoms with Crippen molar-refractivity contribution >= 4 is 10.2 Å². The van der Waals surface area contributed by atoms with Crippen LogP contribution in [0.1, 0.15) is 26.7 Å². The van der Waals surface area contributed by atoms with E-state index in [0.29, 0.717) is 25.6 Å². The van der Waals surface area contributed by atoms with Gasteiger partial charge in [-0.25, -0.2) is 0 Å². The Morgan fingerprint density at radius 3 is 2.12 bits per heavy atom. The Morgan fingerprint density at radius 1 is 1.31 bits per heavy atom. The van der Waals surface area contributed by atoms with Crippen LogP contribution in [0, 0.1) is 5.92 Å². The Bertz CT molecular complexity index is 310. The fourth-order valence-electron chi connectivity index (χ4n) is 2.02. The number of likely N-dealkylation sites (N-methyl/N-ethyl adjacent to an activating group) is 1. The van der Waals surface area contributed by atoms with Gasteiger partial charge >= 0.3 is 0 Å². The van der Waals surface area contributed by atoms with Gasteiger partial charge in [-0.1, -0.05) is 13.8 Å². The first-order chi connectivity index (χ1) is 7.48. The molecule has 0 bridgehead atoms. The standard InChI is InChI=1S/C10H23N3O2S/c1-4-13(5-2)16(14,15)12(3)10(8-11)9-6-7-9/h9-10H,4-8,11H2,1-3H3. The summed E-state index contributed by atoms with van der Waals surface area (Å²) in [5, 5.41) is 0. The van der Waals surface area contributed by atoms with Crippen molar-refractivity contribution in [3.63, 3.8) is 0 Å². The SMILES string of the molecule is CCN(CC)S(=O)(=O)N(C)C(CN)C1CC1. The molecule has 1 unspecified atom stereocenters. The van der Waals surface area contributed by atoms with Crippen molar-refractivity contribution in [2.75, 3.05) is 26.7 Å². The van der Waals surface area contributed by atoms with Crippen LogP contribution in [-0.2, 0) is 10.2 Å². The minimum Gasteiger partial charge on any atom is -0.329 e. The zero-order valence-corrected chi connectivity index (χ0v) is 11.2. The van der Waals surface area contributed by atoms with E-state index in [-0.39, 0.29) is 6.04 Å². The molecule has 1 aliphatic rings. The normalized spacial score (nSPS) is 19.4. The van der Waals surface area contributed by atoms with Crippen molar-refractivity contribution < 1.29 is 8.42 Å². The van der Waals surface area contributed by atoms with Crippen molar-refractivity contribution in [3.8, 4) is 0 Å². The summed E-state index contributed by atoms with van der Waals surface area (Å²) in [5.41, 5.74) is 5.67. The van der Waals surface area contributed by atoms with E-state index < -0.39 is 10.2 Å². The second-order valence-corrected chi connectivity index (χ2v) is 6.24. The van der Waals surface area contributed by atoms with E-state index >= 15 is 0 Å². The summed E-state index contributed by atoms with van der Waals surface area (Å²) in [5.74, 6) is 0.459. The Hall–Kier alpha value is -0.170. The largest absolute Gasteiger partial charge is 0.329 e. The summed E-state index contributed by atoms with van der Waals surface area (Å²) in [6, 6.07) is -0.0365. The van der Waals surface area contributed by atoms with Crippen LogP contribution in [-0.4, -0.2) is 49.8 Å². The van der Waals surface area contributed by atoms with Gasteiger partial charge < -0.3 is 5.73 Å². The lowest BCUT2D eigenvalue weighted by Gasteiger charge is -2.31. The molecule has 0 aromatic rings. The molecule has 1 aliphatic carbocycles.